The van der Waals surface area contributed by atoms with Gasteiger partial charge in [0.1, 0.15) is 87.4 Å². The van der Waals surface area contributed by atoms with Gasteiger partial charge < -0.3 is 143 Å². The Morgan fingerprint density at radius 2 is 0.589 bits per heavy atom. The molecule has 3 fully saturated rings. The van der Waals surface area contributed by atoms with Gasteiger partial charge in [0, 0.05) is 173 Å². The highest BCUT2D eigenvalue weighted by Crippen LogP contribution is 2.33. The Morgan fingerprint density at radius 1 is 0.312 bits per heavy atom. The van der Waals surface area contributed by atoms with Crippen molar-refractivity contribution in [1.29, 1.82) is 0 Å². The molecule has 0 spiro atoms. The minimum atomic E-state index is -1.47. The molecule has 0 aromatic heterocycles. The maximum atomic E-state index is 14.2. The van der Waals surface area contributed by atoms with E-state index in [1.165, 1.54) is 20.8 Å². The summed E-state index contributed by atoms with van der Waals surface area (Å²) in [6.07, 6.45) is 0.386. The van der Waals surface area contributed by atoms with Gasteiger partial charge in [-0.2, -0.15) is 0 Å². The molecule has 9 unspecified atom stereocenters. The molecule has 3 saturated heterocycles. The number of amides is 10. The second-order valence-electron chi connectivity index (χ2n) is 34.4. The number of esters is 7. The van der Waals surface area contributed by atoms with Crippen LogP contribution < -0.4 is 53.2 Å². The van der Waals surface area contributed by atoms with Gasteiger partial charge in [-0.3, -0.25) is 81.5 Å². The second kappa shape index (κ2) is 71.3. The molecular weight excluding hydrogens is 1860 g/mol. The molecule has 141 heavy (non-hydrogen) atoms. The van der Waals surface area contributed by atoms with E-state index in [0.29, 0.717) is 102 Å². The Kier molecular flexibility index (Phi) is 61.8. The van der Waals surface area contributed by atoms with Gasteiger partial charge in [-0.25, -0.2) is 0 Å². The van der Waals surface area contributed by atoms with E-state index in [-0.39, 0.29) is 194 Å². The molecule has 3 aliphatic rings. The number of hydrogen-bond acceptors (Lipinski definition) is 36. The van der Waals surface area contributed by atoms with Crippen LogP contribution in [-0.4, -0.2) is 317 Å². The zero-order chi connectivity index (χ0) is 104. The summed E-state index contributed by atoms with van der Waals surface area (Å²) in [6, 6.07) is 6.17. The first-order valence-corrected chi connectivity index (χ1v) is 48.3. The number of benzene rings is 1. The standard InChI is InChI=1S/C95H148N10O36/c1-62(109)102-86-72(52-106)89(136-68(7)115)75(56-132-65(4)112)139-92(86)129-46-24-21-32-78(118)96-40-27-43-99-81(121)37-49-126-59-95(105-84(124)35-19-14-12-10-11-13-15-20-36-85(125)135-55-71-30-17-16-18-31-71,60-127-50-38-82(122)100-44-28-41-97-79(119)33-22-25-47-130-93-87(103-63(2)110)73(53-107)90(137-69(8)116)76(140-93)57-133-66(5)113)61-128-51-39-83(123)101-45-29-42-98-80(120)34-23-26-48-131-94-88(104-64(3)111)74(54-108)91(138-70(9)117)77(141-94)58-134-67(6)114/h16-18,30-31,52-54,72-77,86-94H,10-15,19-29,32-51,55-61H2,1-9H3,(H,96,118)(H,97,119)(H,98,120)(H,99,121)(H,100,122)(H,101,123)(H,102,109)(H,103,110)(H,104,111)(H,105,124)/t72?,73?,74?,75?,76?,77?,86?,87?,88?,89-,90-,91-,92+,93+,94+,95?/m0/s1. The molecule has 0 saturated carbocycles. The van der Waals surface area contributed by atoms with E-state index in [0.717, 1.165) is 79.2 Å². The molecule has 0 radical (unpaired) electrons. The van der Waals surface area contributed by atoms with Crippen LogP contribution in [0.5, 0.6) is 0 Å². The highest BCUT2D eigenvalue weighted by molar-refractivity contribution is 5.80. The first-order chi connectivity index (χ1) is 67.6. The summed E-state index contributed by atoms with van der Waals surface area (Å²) in [4.78, 5) is 250. The van der Waals surface area contributed by atoms with Gasteiger partial charge >= 0.3 is 41.8 Å². The summed E-state index contributed by atoms with van der Waals surface area (Å²) < 4.78 is 91.1. The molecule has 10 amide bonds. The summed E-state index contributed by atoms with van der Waals surface area (Å²) in [6.45, 7) is 9.39. The second-order valence-corrected chi connectivity index (χ2v) is 34.4. The predicted octanol–water partition coefficient (Wildman–Crippen LogP) is 1.75. The number of hydrogen-bond donors (Lipinski definition) is 10. The van der Waals surface area contributed by atoms with Crippen molar-refractivity contribution in [3.63, 3.8) is 0 Å². The molecule has 0 bridgehead atoms. The van der Waals surface area contributed by atoms with E-state index in [4.69, 9.17) is 75.8 Å². The van der Waals surface area contributed by atoms with E-state index in [1.54, 1.807) is 0 Å². The van der Waals surface area contributed by atoms with Gasteiger partial charge in [-0.1, -0.05) is 68.9 Å². The van der Waals surface area contributed by atoms with Crippen LogP contribution in [0.15, 0.2) is 30.3 Å². The van der Waals surface area contributed by atoms with Crippen molar-refractivity contribution < 1.29 is 172 Å². The molecule has 1 aromatic rings. The molecule has 3 aliphatic heterocycles. The van der Waals surface area contributed by atoms with Gasteiger partial charge in [0.25, 0.3) is 0 Å². The van der Waals surface area contributed by atoms with Crippen molar-refractivity contribution in [2.24, 2.45) is 17.8 Å². The molecule has 46 heteroatoms. The number of nitrogens with one attached hydrogen (secondary N) is 10. The lowest BCUT2D eigenvalue weighted by Crippen LogP contribution is -2.63. The van der Waals surface area contributed by atoms with Crippen LogP contribution in [0.3, 0.4) is 0 Å². The summed E-state index contributed by atoms with van der Waals surface area (Å²) in [5, 5.41) is 27.7. The molecule has 15 atom stereocenters. The fraction of sp³-hybridized carbons (Fsp3) is 0.726. The lowest BCUT2D eigenvalue weighted by atomic mass is 9.88. The average Bonchev–Trinajstić information content (AvgIpc) is 0.798. The van der Waals surface area contributed by atoms with Crippen molar-refractivity contribution >= 4 is 120 Å². The van der Waals surface area contributed by atoms with E-state index in [2.05, 4.69) is 53.2 Å². The van der Waals surface area contributed by atoms with Crippen molar-refractivity contribution in [3.05, 3.63) is 35.9 Å². The van der Waals surface area contributed by atoms with Crippen LogP contribution in [0.1, 0.15) is 228 Å². The van der Waals surface area contributed by atoms with Crippen molar-refractivity contribution in [1.82, 2.24) is 53.2 Å². The molecule has 794 valence electrons. The number of unbranched alkanes of at least 4 members (excludes halogenated alkanes) is 10. The third-order valence-corrected chi connectivity index (χ3v) is 22.1. The Bertz CT molecular complexity index is 3730. The zero-order valence-corrected chi connectivity index (χ0v) is 82.6. The molecule has 4 rings (SSSR count). The normalized spacial score (nSPS) is 21.1. The first kappa shape index (κ1) is 122. The van der Waals surface area contributed by atoms with Crippen molar-refractivity contribution in [2.75, 3.05) is 119 Å². The lowest BCUT2D eigenvalue weighted by Gasteiger charge is -2.43. The highest BCUT2D eigenvalue weighted by atomic mass is 16.7. The Hall–Kier alpha value is -11.1. The maximum Gasteiger partial charge on any atom is 0.306 e. The van der Waals surface area contributed by atoms with Gasteiger partial charge in [-0.15, -0.1) is 0 Å². The number of aldehydes is 3. The zero-order valence-electron chi connectivity index (χ0n) is 82.6. The van der Waals surface area contributed by atoms with Crippen LogP contribution in [0, 0.1) is 17.8 Å². The topological polar surface area (TPSA) is 609 Å². The average molecular weight is 2010 g/mol. The van der Waals surface area contributed by atoms with Gasteiger partial charge in [-0.05, 0) is 76.2 Å². The Labute approximate surface area is 821 Å². The number of carbonyl (C=O) groups is 20. The molecule has 46 nitrogen and oxygen atoms in total. The Balaban J connectivity index is 1.36. The number of carbonyl (C=O) groups excluding carboxylic acids is 20. The lowest BCUT2D eigenvalue weighted by molar-refractivity contribution is -0.260. The monoisotopic (exact) mass is 2010 g/mol. The third-order valence-electron chi connectivity index (χ3n) is 22.1. The van der Waals surface area contributed by atoms with E-state index in [9.17, 15) is 95.9 Å². The molecule has 0 aliphatic carbocycles. The fourth-order valence-electron chi connectivity index (χ4n) is 15.3. The van der Waals surface area contributed by atoms with Crippen molar-refractivity contribution in [2.45, 2.75) is 309 Å². The maximum absolute atomic E-state index is 14.2. The molecular formula is C95H148N10O36. The molecule has 3 heterocycles. The largest absolute Gasteiger partial charge is 0.463 e. The van der Waals surface area contributed by atoms with Gasteiger partial charge in [0.2, 0.25) is 59.1 Å². The Morgan fingerprint density at radius 3 is 0.872 bits per heavy atom. The number of ether oxygens (including phenoxy) is 16. The van der Waals surface area contributed by atoms with Crippen LogP contribution in [0.4, 0.5) is 0 Å². The van der Waals surface area contributed by atoms with Crippen LogP contribution >= 0.6 is 0 Å². The SMILES string of the molecule is CC(=O)NC1C(C=O)[C@H](OC(C)=O)C(COC(C)=O)O[C@H]1OCCCCC(=O)NCCCNC(=O)CCOCC(COCCC(=O)NCCCNC(=O)CCCCO[C@@H]1OC(COC(C)=O)[C@@H](OC(C)=O)C(C=O)C1NC(C)=O)(COCCC(=O)NCCCNC(=O)CCCCO[C@@H]1OC(COC(C)=O)[C@@H](OC(C)=O)C(C=O)C1NC(C)=O)NC(=O)CCCCCCCCCCC(=O)OCc1ccccc1. The quantitative estimate of drug-likeness (QED) is 0.0192. The van der Waals surface area contributed by atoms with E-state index in [1.807, 2.05) is 30.3 Å². The number of rotatable bonds is 74. The van der Waals surface area contributed by atoms with Gasteiger partial charge in [0.15, 0.2) is 18.9 Å². The smallest absolute Gasteiger partial charge is 0.306 e. The van der Waals surface area contributed by atoms with E-state index < -0.39 is 174 Å². The fourth-order valence-corrected chi connectivity index (χ4v) is 15.3. The minimum absolute atomic E-state index is 0.0127. The third kappa shape index (κ3) is 53.5. The van der Waals surface area contributed by atoms with Gasteiger partial charge in [0.05, 0.1) is 75.5 Å². The van der Waals surface area contributed by atoms with Crippen LogP contribution in [-0.2, 0) is 178 Å². The van der Waals surface area contributed by atoms with Crippen LogP contribution in [0.25, 0.3) is 0 Å². The summed E-state index contributed by atoms with van der Waals surface area (Å²) in [7, 11) is 0. The first-order valence-electron chi connectivity index (χ1n) is 48.3. The molecule has 10 N–H and O–H groups in total. The predicted molar refractivity (Wildman–Crippen MR) is 495 cm³/mol. The van der Waals surface area contributed by atoms with E-state index >= 15 is 0 Å². The minimum Gasteiger partial charge on any atom is -0.463 e. The van der Waals surface area contributed by atoms with Crippen molar-refractivity contribution in [3.8, 4) is 0 Å². The van der Waals surface area contributed by atoms with Crippen LogP contribution in [0.2, 0.25) is 0 Å². The summed E-state index contributed by atoms with van der Waals surface area (Å²) in [5.41, 5.74) is -0.566. The molecule has 1 aromatic carbocycles. The highest BCUT2D eigenvalue weighted by Gasteiger charge is 2.53. The summed E-state index contributed by atoms with van der Waals surface area (Å²) >= 11 is 0. The summed E-state index contributed by atoms with van der Waals surface area (Å²) in [5.74, 6) is -11.9.